The molecule has 0 radical (unpaired) electrons. The number of aromatic nitrogens is 2. The van der Waals surface area contributed by atoms with Crippen LogP contribution in [0, 0.1) is 0 Å². The van der Waals surface area contributed by atoms with Crippen molar-refractivity contribution in [3.8, 4) is 0 Å². The zero-order valence-corrected chi connectivity index (χ0v) is 8.75. The molecule has 1 fully saturated rings. The summed E-state index contributed by atoms with van der Waals surface area (Å²) < 4.78 is 2.17. The predicted molar refractivity (Wildman–Crippen MR) is 54.0 cm³/mol. The highest BCUT2D eigenvalue weighted by Gasteiger charge is 2.27. The quantitative estimate of drug-likeness (QED) is 0.696. The Labute approximate surface area is 80.0 Å². The number of aryl methyl sites for hydroxylation is 1. The summed E-state index contributed by atoms with van der Waals surface area (Å²) in [4.78, 5) is 0. The molecule has 0 atom stereocenters. The molecule has 2 nitrogen and oxygen atoms in total. The fraction of sp³-hybridized carbons (Fsp3) is 0.727. The number of hydrogen-bond donors (Lipinski definition) is 0. The summed E-state index contributed by atoms with van der Waals surface area (Å²) in [7, 11) is 0. The zero-order chi connectivity index (χ0) is 9.42. The normalized spacial score (nSPS) is 16.9. The molecule has 1 heterocycles. The Morgan fingerprint density at radius 1 is 1.54 bits per heavy atom. The van der Waals surface area contributed by atoms with Crippen LogP contribution in [0.5, 0.6) is 0 Å². The number of nitrogens with zero attached hydrogens (tertiary/aromatic N) is 2. The van der Waals surface area contributed by atoms with Gasteiger partial charge in [-0.15, -0.1) is 0 Å². The smallest absolute Gasteiger partial charge is 0.0658 e. The Morgan fingerprint density at radius 2 is 2.23 bits per heavy atom. The van der Waals surface area contributed by atoms with E-state index in [1.165, 1.54) is 24.2 Å². The number of hydrogen-bond acceptors (Lipinski definition) is 1. The lowest BCUT2D eigenvalue weighted by Gasteiger charge is -2.08. The second-order valence-corrected chi connectivity index (χ2v) is 4.23. The average Bonchev–Trinajstić information content (AvgIpc) is 2.84. The van der Waals surface area contributed by atoms with Gasteiger partial charge in [0.2, 0.25) is 0 Å². The van der Waals surface area contributed by atoms with Gasteiger partial charge < -0.3 is 0 Å². The summed E-state index contributed by atoms with van der Waals surface area (Å²) in [5, 5.41) is 4.66. The average molecular weight is 178 g/mol. The lowest BCUT2D eigenvalue weighted by Crippen LogP contribution is -2.06. The Balaban J connectivity index is 2.30. The van der Waals surface area contributed by atoms with E-state index < -0.39 is 0 Å². The second kappa shape index (κ2) is 3.17. The molecule has 1 aliphatic rings. The predicted octanol–water partition coefficient (Wildman–Crippen LogP) is 2.90. The molecule has 0 unspecified atom stereocenters. The molecular weight excluding hydrogens is 160 g/mol. The molecule has 1 aromatic rings. The van der Waals surface area contributed by atoms with Gasteiger partial charge in [0, 0.05) is 17.7 Å². The molecule has 0 bridgehead atoms. The van der Waals surface area contributed by atoms with E-state index in [1.54, 1.807) is 0 Å². The third-order valence-corrected chi connectivity index (χ3v) is 2.68. The van der Waals surface area contributed by atoms with Crippen molar-refractivity contribution in [2.75, 3.05) is 0 Å². The second-order valence-electron chi connectivity index (χ2n) is 4.23. The summed E-state index contributed by atoms with van der Waals surface area (Å²) in [5.74, 6) is 0.783. The lowest BCUT2D eigenvalue weighted by molar-refractivity contribution is 0.507. The standard InChI is InChI=1S/C11H18N2/c1-4-10-7-11(9-5-6-9)12-13(10)8(2)3/h7-9H,4-6H2,1-3H3. The summed E-state index contributed by atoms with van der Waals surface area (Å²) in [5.41, 5.74) is 2.71. The van der Waals surface area contributed by atoms with Crippen LogP contribution in [0.3, 0.4) is 0 Å². The van der Waals surface area contributed by atoms with Crippen molar-refractivity contribution in [1.82, 2.24) is 9.78 Å². The SMILES string of the molecule is CCc1cc(C2CC2)nn1C(C)C. The molecule has 1 aromatic heterocycles. The molecule has 0 aromatic carbocycles. The molecular formula is C11H18N2. The first-order chi connectivity index (χ1) is 6.22. The first-order valence-electron chi connectivity index (χ1n) is 5.30. The van der Waals surface area contributed by atoms with Crippen molar-refractivity contribution in [2.24, 2.45) is 0 Å². The van der Waals surface area contributed by atoms with Gasteiger partial charge in [-0.2, -0.15) is 5.10 Å². The lowest BCUT2D eigenvalue weighted by atomic mass is 10.2. The van der Waals surface area contributed by atoms with Crippen LogP contribution in [-0.2, 0) is 6.42 Å². The Kier molecular flexibility index (Phi) is 2.14. The van der Waals surface area contributed by atoms with Crippen molar-refractivity contribution in [3.05, 3.63) is 17.5 Å². The first kappa shape index (κ1) is 8.79. The molecule has 0 saturated heterocycles. The van der Waals surface area contributed by atoms with Gasteiger partial charge in [0.1, 0.15) is 0 Å². The minimum absolute atomic E-state index is 0.502. The largest absolute Gasteiger partial charge is 0.267 e. The molecule has 13 heavy (non-hydrogen) atoms. The van der Waals surface area contributed by atoms with Crippen LogP contribution in [0.1, 0.15) is 57.0 Å². The number of rotatable bonds is 3. The molecule has 0 N–H and O–H groups in total. The Hall–Kier alpha value is -0.790. The van der Waals surface area contributed by atoms with Crippen LogP contribution in [0.25, 0.3) is 0 Å². The van der Waals surface area contributed by atoms with E-state index in [2.05, 4.69) is 36.6 Å². The molecule has 72 valence electrons. The minimum atomic E-state index is 0.502. The maximum Gasteiger partial charge on any atom is 0.0658 e. The summed E-state index contributed by atoms with van der Waals surface area (Å²) >= 11 is 0. The Bertz CT molecular complexity index is 295. The summed E-state index contributed by atoms with van der Waals surface area (Å²) in [6, 6.07) is 2.79. The van der Waals surface area contributed by atoms with E-state index in [4.69, 9.17) is 0 Å². The van der Waals surface area contributed by atoms with Gasteiger partial charge in [0.25, 0.3) is 0 Å². The van der Waals surface area contributed by atoms with E-state index in [0.29, 0.717) is 6.04 Å². The molecule has 1 aliphatic carbocycles. The van der Waals surface area contributed by atoms with Gasteiger partial charge in [-0.3, -0.25) is 4.68 Å². The Morgan fingerprint density at radius 3 is 2.62 bits per heavy atom. The van der Waals surface area contributed by atoms with E-state index in [9.17, 15) is 0 Å². The van der Waals surface area contributed by atoms with Crippen LogP contribution >= 0.6 is 0 Å². The topological polar surface area (TPSA) is 17.8 Å². The van der Waals surface area contributed by atoms with Gasteiger partial charge >= 0.3 is 0 Å². The highest BCUT2D eigenvalue weighted by atomic mass is 15.3. The van der Waals surface area contributed by atoms with Crippen LogP contribution in [-0.4, -0.2) is 9.78 Å². The third-order valence-electron chi connectivity index (χ3n) is 2.68. The molecule has 0 spiro atoms. The maximum absolute atomic E-state index is 4.66. The first-order valence-corrected chi connectivity index (χ1v) is 5.30. The minimum Gasteiger partial charge on any atom is -0.267 e. The van der Waals surface area contributed by atoms with Crippen molar-refractivity contribution in [1.29, 1.82) is 0 Å². The monoisotopic (exact) mass is 178 g/mol. The molecule has 2 heteroatoms. The third kappa shape index (κ3) is 1.62. The highest BCUT2D eigenvalue weighted by Crippen LogP contribution is 2.39. The van der Waals surface area contributed by atoms with Crippen molar-refractivity contribution in [2.45, 2.75) is 52.0 Å². The van der Waals surface area contributed by atoms with Gasteiger partial charge in [-0.25, -0.2) is 0 Å². The molecule has 2 rings (SSSR count). The van der Waals surface area contributed by atoms with E-state index in [0.717, 1.165) is 12.3 Å². The molecule has 0 amide bonds. The van der Waals surface area contributed by atoms with Gasteiger partial charge in [0.05, 0.1) is 5.69 Å². The van der Waals surface area contributed by atoms with Crippen LogP contribution in [0.4, 0.5) is 0 Å². The van der Waals surface area contributed by atoms with Crippen LogP contribution < -0.4 is 0 Å². The fourth-order valence-electron chi connectivity index (χ4n) is 1.74. The van der Waals surface area contributed by atoms with Gasteiger partial charge in [-0.05, 0) is 39.2 Å². The van der Waals surface area contributed by atoms with E-state index >= 15 is 0 Å². The van der Waals surface area contributed by atoms with Crippen molar-refractivity contribution in [3.63, 3.8) is 0 Å². The molecule has 1 saturated carbocycles. The van der Waals surface area contributed by atoms with Gasteiger partial charge in [-0.1, -0.05) is 6.92 Å². The van der Waals surface area contributed by atoms with Gasteiger partial charge in [0.15, 0.2) is 0 Å². The maximum atomic E-state index is 4.66. The van der Waals surface area contributed by atoms with Crippen LogP contribution in [0.15, 0.2) is 6.07 Å². The highest BCUT2D eigenvalue weighted by molar-refractivity contribution is 5.19. The van der Waals surface area contributed by atoms with Crippen molar-refractivity contribution >= 4 is 0 Å². The summed E-state index contributed by atoms with van der Waals surface area (Å²) in [6.07, 6.45) is 3.79. The summed E-state index contributed by atoms with van der Waals surface area (Å²) in [6.45, 7) is 6.60. The van der Waals surface area contributed by atoms with E-state index in [-0.39, 0.29) is 0 Å². The van der Waals surface area contributed by atoms with E-state index in [1.807, 2.05) is 0 Å². The fourth-order valence-corrected chi connectivity index (χ4v) is 1.74. The van der Waals surface area contributed by atoms with Crippen molar-refractivity contribution < 1.29 is 0 Å². The van der Waals surface area contributed by atoms with Crippen LogP contribution in [0.2, 0.25) is 0 Å². The zero-order valence-electron chi connectivity index (χ0n) is 8.75. The molecule has 0 aliphatic heterocycles.